The zero-order valence-corrected chi connectivity index (χ0v) is 19.3. The van der Waals surface area contributed by atoms with E-state index in [-0.39, 0.29) is 17.5 Å². The minimum Gasteiger partial charge on any atom is -0.338 e. The van der Waals surface area contributed by atoms with Gasteiger partial charge in [0.05, 0.1) is 22.2 Å². The van der Waals surface area contributed by atoms with Crippen LogP contribution in [0.4, 0.5) is 11.4 Å². The van der Waals surface area contributed by atoms with E-state index in [4.69, 9.17) is 27.7 Å². The Morgan fingerprint density at radius 3 is 2.70 bits per heavy atom. The van der Waals surface area contributed by atoms with E-state index in [0.29, 0.717) is 65.5 Å². The Labute approximate surface area is 199 Å². The molecule has 0 spiro atoms. The quantitative estimate of drug-likeness (QED) is 0.377. The first-order valence-corrected chi connectivity index (χ1v) is 11.1. The molecule has 1 saturated heterocycles. The molecule has 0 bridgehead atoms. The van der Waals surface area contributed by atoms with E-state index >= 15 is 0 Å². The number of halogens is 2. The van der Waals surface area contributed by atoms with E-state index in [9.17, 15) is 14.9 Å². The molecular formula is C22H21Cl2N5O4. The van der Waals surface area contributed by atoms with Gasteiger partial charge in [-0.25, -0.2) is 0 Å². The fraction of sp³-hybridized carbons (Fsp3) is 0.318. The molecule has 2 aromatic carbocycles. The number of piperidine rings is 1. The highest BCUT2D eigenvalue weighted by Gasteiger charge is 2.27. The van der Waals surface area contributed by atoms with Crippen LogP contribution in [0.25, 0.3) is 11.4 Å². The van der Waals surface area contributed by atoms with Crippen molar-refractivity contribution in [1.29, 1.82) is 0 Å². The first kappa shape index (κ1) is 23.2. The summed E-state index contributed by atoms with van der Waals surface area (Å²) in [7, 11) is 0. The first-order valence-electron chi connectivity index (χ1n) is 10.4. The van der Waals surface area contributed by atoms with Gasteiger partial charge in [-0.2, -0.15) is 4.98 Å². The van der Waals surface area contributed by atoms with Crippen molar-refractivity contribution in [1.82, 2.24) is 15.0 Å². The number of carbonyl (C=O) groups is 1. The van der Waals surface area contributed by atoms with Crippen LogP contribution in [0.5, 0.6) is 0 Å². The van der Waals surface area contributed by atoms with Crippen molar-refractivity contribution in [2.75, 3.05) is 18.4 Å². The van der Waals surface area contributed by atoms with Crippen LogP contribution in [0.1, 0.15) is 24.3 Å². The predicted molar refractivity (Wildman–Crippen MR) is 124 cm³/mol. The maximum absolute atomic E-state index is 12.7. The smallest absolute Gasteiger partial charge is 0.271 e. The average molecular weight is 490 g/mol. The number of benzene rings is 2. The highest BCUT2D eigenvalue weighted by molar-refractivity contribution is 6.36. The highest BCUT2D eigenvalue weighted by Crippen LogP contribution is 2.29. The highest BCUT2D eigenvalue weighted by atomic mass is 35.5. The molecular weight excluding hydrogens is 469 g/mol. The van der Waals surface area contributed by atoms with Crippen molar-refractivity contribution >= 4 is 40.5 Å². The second-order valence-electron chi connectivity index (χ2n) is 7.93. The second kappa shape index (κ2) is 9.86. The molecule has 3 aromatic rings. The number of hydrogen-bond acceptors (Lipinski definition) is 7. The van der Waals surface area contributed by atoms with Gasteiger partial charge >= 0.3 is 0 Å². The summed E-state index contributed by atoms with van der Waals surface area (Å²) in [6, 6.07) is 9.53. The summed E-state index contributed by atoms with van der Waals surface area (Å²) in [5.74, 6) is 0.557. The van der Waals surface area contributed by atoms with Gasteiger partial charge in [-0.3, -0.25) is 19.8 Å². The molecule has 172 valence electrons. The zero-order valence-electron chi connectivity index (χ0n) is 17.8. The number of aryl methyl sites for hydroxylation is 1. The number of nitro groups is 1. The molecule has 1 aromatic heterocycles. The molecule has 4 rings (SSSR count). The number of non-ortho nitro benzene ring substituents is 1. The fourth-order valence-electron chi connectivity index (χ4n) is 3.74. The van der Waals surface area contributed by atoms with E-state index in [0.717, 1.165) is 5.56 Å². The molecule has 0 radical (unpaired) electrons. The van der Waals surface area contributed by atoms with Crippen LogP contribution >= 0.6 is 23.2 Å². The Balaban J connectivity index is 1.32. The van der Waals surface area contributed by atoms with Crippen LogP contribution in [0.15, 0.2) is 40.9 Å². The van der Waals surface area contributed by atoms with Crippen LogP contribution in [-0.4, -0.2) is 39.0 Å². The number of carbonyl (C=O) groups excluding carboxylic acids is 1. The van der Waals surface area contributed by atoms with Gasteiger partial charge in [-0.1, -0.05) is 34.4 Å². The summed E-state index contributed by atoms with van der Waals surface area (Å²) < 4.78 is 5.38. The van der Waals surface area contributed by atoms with Gasteiger partial charge in [-0.05, 0) is 56.6 Å². The van der Waals surface area contributed by atoms with E-state index in [1.165, 1.54) is 12.1 Å². The molecule has 0 aliphatic carbocycles. The number of amides is 1. The monoisotopic (exact) mass is 489 g/mol. The molecule has 1 aliphatic heterocycles. The van der Waals surface area contributed by atoms with Crippen molar-refractivity contribution in [2.45, 2.75) is 26.3 Å². The lowest BCUT2D eigenvalue weighted by Crippen LogP contribution is -2.37. The first-order chi connectivity index (χ1) is 15.8. The van der Waals surface area contributed by atoms with Crippen molar-refractivity contribution in [3.05, 3.63) is 68.0 Å². The minimum atomic E-state index is -0.475. The lowest BCUT2D eigenvalue weighted by molar-refractivity contribution is -0.384. The van der Waals surface area contributed by atoms with Gasteiger partial charge in [0.2, 0.25) is 17.6 Å². The summed E-state index contributed by atoms with van der Waals surface area (Å²) in [6.07, 6.45) is 1.31. The lowest BCUT2D eigenvalue weighted by Gasteiger charge is -2.30. The average Bonchev–Trinajstić information content (AvgIpc) is 3.23. The summed E-state index contributed by atoms with van der Waals surface area (Å²) in [5.41, 5.74) is 1.84. The third-order valence-corrected chi connectivity index (χ3v) is 6.20. The Morgan fingerprint density at radius 1 is 1.24 bits per heavy atom. The normalized spacial score (nSPS) is 14.9. The van der Waals surface area contributed by atoms with Gasteiger partial charge in [0.25, 0.3) is 5.69 Å². The summed E-state index contributed by atoms with van der Waals surface area (Å²) in [5, 5.41) is 18.8. The number of nitro benzene ring substituents is 1. The zero-order chi connectivity index (χ0) is 23.5. The molecule has 1 fully saturated rings. The third kappa shape index (κ3) is 5.50. The third-order valence-electron chi connectivity index (χ3n) is 5.65. The largest absolute Gasteiger partial charge is 0.338 e. The molecule has 2 heterocycles. The summed E-state index contributed by atoms with van der Waals surface area (Å²) in [6.45, 7) is 3.64. The lowest BCUT2D eigenvalue weighted by atomic mass is 9.95. The van der Waals surface area contributed by atoms with Crippen LogP contribution < -0.4 is 5.32 Å². The number of likely N-dealkylation sites (tertiary alicyclic amines) is 1. The van der Waals surface area contributed by atoms with E-state index in [1.54, 1.807) is 31.2 Å². The topological polar surface area (TPSA) is 114 Å². The Kier molecular flexibility index (Phi) is 6.92. The molecule has 1 N–H and O–H groups in total. The van der Waals surface area contributed by atoms with Gasteiger partial charge in [0.15, 0.2) is 0 Å². The molecule has 0 saturated carbocycles. The van der Waals surface area contributed by atoms with Crippen molar-refractivity contribution in [2.24, 2.45) is 5.92 Å². The van der Waals surface area contributed by atoms with Crippen molar-refractivity contribution in [3.8, 4) is 11.4 Å². The van der Waals surface area contributed by atoms with Gasteiger partial charge in [0, 0.05) is 28.6 Å². The number of anilines is 1. The molecule has 0 unspecified atom stereocenters. The van der Waals surface area contributed by atoms with Crippen molar-refractivity contribution in [3.63, 3.8) is 0 Å². The van der Waals surface area contributed by atoms with Crippen LogP contribution in [0, 0.1) is 23.0 Å². The molecule has 1 aliphatic rings. The number of rotatable bonds is 6. The number of aromatic nitrogens is 2. The van der Waals surface area contributed by atoms with Crippen LogP contribution in [0.2, 0.25) is 10.0 Å². The summed E-state index contributed by atoms with van der Waals surface area (Å²) in [4.78, 5) is 29.8. The van der Waals surface area contributed by atoms with Gasteiger partial charge in [0.1, 0.15) is 0 Å². The number of nitrogens with zero attached hydrogens (tertiary/aromatic N) is 4. The number of hydrogen-bond donors (Lipinski definition) is 1. The second-order valence-corrected chi connectivity index (χ2v) is 8.78. The molecule has 33 heavy (non-hydrogen) atoms. The maximum atomic E-state index is 12.7. The fourth-order valence-corrected chi connectivity index (χ4v) is 4.23. The standard InChI is InChI=1S/C22H21Cl2N5O4/c1-13-2-4-16(29(31)32)11-19(13)25-22(30)14-6-8-28(9-7-14)12-20-26-21(27-33-20)17-5-3-15(23)10-18(17)24/h2-5,10-11,14H,6-9,12H2,1H3,(H,25,30). The predicted octanol–water partition coefficient (Wildman–Crippen LogP) is 5.11. The maximum Gasteiger partial charge on any atom is 0.271 e. The van der Waals surface area contributed by atoms with Crippen molar-refractivity contribution < 1.29 is 14.2 Å². The SMILES string of the molecule is Cc1ccc([N+](=O)[O-])cc1NC(=O)C1CCN(Cc2nc(-c3ccc(Cl)cc3Cl)no2)CC1. The Hall–Kier alpha value is -3.01. The number of nitrogens with one attached hydrogen (secondary N) is 1. The Morgan fingerprint density at radius 2 is 2.00 bits per heavy atom. The van der Waals surface area contributed by atoms with E-state index in [2.05, 4.69) is 20.4 Å². The Bertz CT molecular complexity index is 1190. The van der Waals surface area contributed by atoms with Crippen LogP contribution in [-0.2, 0) is 11.3 Å². The van der Waals surface area contributed by atoms with Gasteiger partial charge < -0.3 is 9.84 Å². The van der Waals surface area contributed by atoms with E-state index < -0.39 is 4.92 Å². The molecule has 0 atom stereocenters. The molecule has 11 heteroatoms. The van der Waals surface area contributed by atoms with E-state index in [1.807, 2.05) is 0 Å². The summed E-state index contributed by atoms with van der Waals surface area (Å²) >= 11 is 12.1. The van der Waals surface area contributed by atoms with Gasteiger partial charge in [-0.15, -0.1) is 0 Å². The molecule has 9 nitrogen and oxygen atoms in total. The minimum absolute atomic E-state index is 0.0514. The van der Waals surface area contributed by atoms with Crippen LogP contribution in [0.3, 0.4) is 0 Å². The molecule has 1 amide bonds.